The van der Waals surface area contributed by atoms with Crippen LogP contribution in [0.25, 0.3) is 22.5 Å². The van der Waals surface area contributed by atoms with Crippen molar-refractivity contribution in [2.24, 2.45) is 9.98 Å². The van der Waals surface area contributed by atoms with Crippen molar-refractivity contribution >= 4 is 32.6 Å². The van der Waals surface area contributed by atoms with Gasteiger partial charge in [0.1, 0.15) is 0 Å². The van der Waals surface area contributed by atoms with Crippen LogP contribution in [0.1, 0.15) is 33.6 Å². The summed E-state index contributed by atoms with van der Waals surface area (Å²) in [6.45, 7) is 5.82. The molecule has 9 heteroatoms. The van der Waals surface area contributed by atoms with Crippen molar-refractivity contribution in [3.05, 3.63) is 204 Å². The van der Waals surface area contributed by atoms with E-state index in [2.05, 4.69) is 24.9 Å². The van der Waals surface area contributed by atoms with Gasteiger partial charge in [0.05, 0.1) is 0 Å². The second-order valence-corrected chi connectivity index (χ2v) is 11.1. The molecule has 234 valence electrons. The molecule has 0 fully saturated rings. The topological polar surface area (TPSA) is 116 Å². The summed E-state index contributed by atoms with van der Waals surface area (Å²) >= 11 is 5.41. The Bertz CT molecular complexity index is 2240. The van der Waals surface area contributed by atoms with Gasteiger partial charge in [-0.05, 0) is 17.7 Å². The van der Waals surface area contributed by atoms with Gasteiger partial charge in [-0.2, -0.15) is 0 Å². The number of rotatable bonds is 9. The number of pyridine rings is 4. The van der Waals surface area contributed by atoms with Crippen LogP contribution in [0.3, 0.4) is 0 Å². The third-order valence-electron chi connectivity index (χ3n) is 7.74. The van der Waals surface area contributed by atoms with E-state index < -0.39 is 0 Å². The first-order valence-corrected chi connectivity index (χ1v) is 15.4. The molecule has 0 amide bonds. The number of hydrogen-bond donors (Lipinski definition) is 1. The minimum Gasteiger partial charge on any atom is -0.265 e. The summed E-state index contributed by atoms with van der Waals surface area (Å²) in [5.41, 5.74) is 19.3. The number of H-pyrrole nitrogens is 1. The molecule has 48 heavy (non-hydrogen) atoms. The molecule has 2 N–H and O–H groups in total. The molecule has 0 bridgehead atoms. The minimum absolute atomic E-state index is 0.167. The number of nitrogens with one attached hydrogen (secondary N) is 2. The third kappa shape index (κ3) is 6.15. The fourth-order valence-electron chi connectivity index (χ4n) is 5.54. The van der Waals surface area contributed by atoms with E-state index in [0.29, 0.717) is 15.8 Å². The van der Waals surface area contributed by atoms with Crippen molar-refractivity contribution in [3.8, 4) is 0 Å². The van der Waals surface area contributed by atoms with E-state index in [9.17, 15) is 0 Å². The molecule has 5 aromatic rings. The monoisotopic (exact) mass is 664 g/mol. The molecular formula is C39H26N8Ni-2. The smallest absolute Gasteiger partial charge is 0.265 e. The summed E-state index contributed by atoms with van der Waals surface area (Å²) in [6, 6.07) is 19.4. The van der Waals surface area contributed by atoms with Gasteiger partial charge in [0.25, 0.3) is 0 Å². The molecule has 0 atom stereocenters. The van der Waals surface area contributed by atoms with Gasteiger partial charge in [0.15, 0.2) is 0 Å². The van der Waals surface area contributed by atoms with Gasteiger partial charge in [0.2, 0.25) is 0 Å². The van der Waals surface area contributed by atoms with E-state index in [4.69, 9.17) is 37.3 Å². The Labute approximate surface area is 285 Å². The van der Waals surface area contributed by atoms with Crippen molar-refractivity contribution in [1.29, 1.82) is 0 Å². The zero-order valence-corrected chi connectivity index (χ0v) is 26.3. The van der Waals surface area contributed by atoms with Crippen molar-refractivity contribution in [1.82, 2.24) is 24.9 Å². The zero-order chi connectivity index (χ0) is 32.9. The van der Waals surface area contributed by atoms with E-state index in [0.717, 1.165) is 61.9 Å². The van der Waals surface area contributed by atoms with Crippen LogP contribution < -0.4 is 0 Å². The van der Waals surface area contributed by atoms with E-state index in [-0.39, 0.29) is 5.70 Å². The van der Waals surface area contributed by atoms with Crippen LogP contribution in [0.15, 0.2) is 168 Å². The molecule has 0 saturated heterocycles. The summed E-state index contributed by atoms with van der Waals surface area (Å²) in [5.74, 6) is 0. The van der Waals surface area contributed by atoms with Gasteiger partial charge in [0, 0.05) is 12.4 Å². The SMILES string of the molecule is [CH-]=C/C([NH-])=C(C1=N/C(=C(/c2ccncc2)c2ccc(/C(=C3/C=CC([C](=[Ni])c4ccncc4)=N3)c3ccncc3)[nH]2)C=C1)\c1ccncc1. The van der Waals surface area contributed by atoms with Crippen LogP contribution in [0, 0.1) is 6.58 Å². The predicted octanol–water partition coefficient (Wildman–Crippen LogP) is 7.36. The first kappa shape index (κ1) is 30.5. The average Bonchev–Trinajstić information content (AvgIpc) is 3.93. The van der Waals surface area contributed by atoms with Crippen LogP contribution in [0.4, 0.5) is 0 Å². The van der Waals surface area contributed by atoms with Crippen molar-refractivity contribution < 1.29 is 15.0 Å². The van der Waals surface area contributed by atoms with Crippen LogP contribution in [-0.2, 0) is 15.0 Å². The summed E-state index contributed by atoms with van der Waals surface area (Å²) in [6.07, 6.45) is 23.0. The average molecular weight is 665 g/mol. The minimum atomic E-state index is 0.167. The Kier molecular flexibility index (Phi) is 8.68. The number of aromatic amines is 1. The van der Waals surface area contributed by atoms with Crippen LogP contribution in [-0.4, -0.2) is 40.8 Å². The van der Waals surface area contributed by atoms with Gasteiger partial charge in [-0.15, -0.1) is 0 Å². The summed E-state index contributed by atoms with van der Waals surface area (Å²) < 4.78 is 0.694. The zero-order valence-electron chi connectivity index (χ0n) is 25.4. The summed E-state index contributed by atoms with van der Waals surface area (Å²) in [5, 5.41) is 0. The number of allylic oxidation sites excluding steroid dienone is 6. The molecule has 0 radical (unpaired) electrons. The Morgan fingerprint density at radius 3 is 1.46 bits per heavy atom. The quantitative estimate of drug-likeness (QED) is 0.101. The van der Waals surface area contributed by atoms with E-state index >= 15 is 0 Å². The number of aliphatic imine (C=N–C) groups is 2. The Hall–Kier alpha value is -6.18. The Morgan fingerprint density at radius 1 is 0.562 bits per heavy atom. The maximum atomic E-state index is 8.58. The van der Waals surface area contributed by atoms with Crippen molar-refractivity contribution in [2.45, 2.75) is 0 Å². The van der Waals surface area contributed by atoms with E-state index in [1.807, 2.05) is 85.0 Å². The molecule has 0 aromatic carbocycles. The van der Waals surface area contributed by atoms with Gasteiger partial charge in [-0.1, -0.05) is 5.57 Å². The molecule has 8 nitrogen and oxygen atoms in total. The second kappa shape index (κ2) is 13.7. The molecule has 0 unspecified atom stereocenters. The summed E-state index contributed by atoms with van der Waals surface area (Å²) in [7, 11) is 0. The fraction of sp³-hybridized carbons (Fsp3) is 0. The molecule has 0 saturated carbocycles. The van der Waals surface area contributed by atoms with Gasteiger partial charge in [-0.25, -0.2) is 0 Å². The van der Waals surface area contributed by atoms with E-state index in [1.54, 1.807) is 49.6 Å². The van der Waals surface area contributed by atoms with Gasteiger partial charge < -0.3 is 5.73 Å². The van der Waals surface area contributed by atoms with E-state index in [1.165, 1.54) is 6.08 Å². The molecule has 7 heterocycles. The standard InChI is InChI=1S/C39H26N8.Ni/c1-2-31(40)37(27-11-19-42-20-12-27)32-5-6-35(46-32)39(29-15-23-44-24-16-29)36-8-7-34(47-36)38(28-13-21-43-22-14-28)33-4-3-30(45-33)25-26-9-17-41-18-10-26;/h1-24,40,47H;/q-2;/b37-31-,38-33-,39-35-;. The first-order chi connectivity index (χ1) is 23.6. The number of nitrogens with zero attached hydrogens (tertiary/aromatic N) is 6. The maximum absolute atomic E-state index is 8.58. The normalized spacial score (nSPS) is 16.3. The molecule has 2 aliphatic heterocycles. The Morgan fingerprint density at radius 2 is 0.979 bits per heavy atom. The molecule has 0 aliphatic carbocycles. The number of aromatic nitrogens is 5. The molecule has 7 rings (SSSR count). The van der Waals surface area contributed by atoms with Crippen molar-refractivity contribution in [3.63, 3.8) is 0 Å². The van der Waals surface area contributed by atoms with Gasteiger partial charge >= 0.3 is 217 Å². The van der Waals surface area contributed by atoms with Crippen LogP contribution in [0.5, 0.6) is 0 Å². The molecule has 0 spiro atoms. The second-order valence-electron chi connectivity index (χ2n) is 10.6. The number of hydrogen-bond acceptors (Lipinski definition) is 6. The van der Waals surface area contributed by atoms with Crippen LogP contribution in [0.2, 0.25) is 0 Å². The molecule has 5 aromatic heterocycles. The summed E-state index contributed by atoms with van der Waals surface area (Å²) in [4.78, 5) is 30.4. The molecular weight excluding hydrogens is 639 g/mol. The van der Waals surface area contributed by atoms with Crippen molar-refractivity contribution in [2.75, 3.05) is 0 Å². The predicted molar refractivity (Wildman–Crippen MR) is 187 cm³/mol. The van der Waals surface area contributed by atoms with Gasteiger partial charge in [-0.3, -0.25) is 28.3 Å². The Balaban J connectivity index is 1.35. The van der Waals surface area contributed by atoms with Crippen LogP contribution >= 0.6 is 0 Å². The first-order valence-electron chi connectivity index (χ1n) is 14.9. The molecule has 2 aliphatic rings. The third-order valence-corrected chi connectivity index (χ3v) is 8.28. The fourth-order valence-corrected chi connectivity index (χ4v) is 5.84.